The summed E-state index contributed by atoms with van der Waals surface area (Å²) in [5.41, 5.74) is 0.823. The summed E-state index contributed by atoms with van der Waals surface area (Å²) in [7, 11) is 0. The molecule has 3 N–H and O–H groups in total. The van der Waals surface area contributed by atoms with E-state index >= 15 is 0 Å². The van der Waals surface area contributed by atoms with Crippen molar-refractivity contribution in [3.8, 4) is 0 Å². The van der Waals surface area contributed by atoms with Gasteiger partial charge in [-0.05, 0) is 24.3 Å². The van der Waals surface area contributed by atoms with Gasteiger partial charge in [0.05, 0.1) is 5.69 Å². The fourth-order valence-electron chi connectivity index (χ4n) is 2.29. The number of aliphatic hydroxyl groups excluding tert-OH is 1. The Morgan fingerprint density at radius 2 is 2.29 bits per heavy atom. The van der Waals surface area contributed by atoms with Crippen molar-refractivity contribution in [1.29, 1.82) is 0 Å². The summed E-state index contributed by atoms with van der Waals surface area (Å²) in [5.74, 6) is 0.206. The Labute approximate surface area is 105 Å². The van der Waals surface area contributed by atoms with Crippen LogP contribution in [0.2, 0.25) is 0 Å². The third-order valence-electron chi connectivity index (χ3n) is 3.24. The molecule has 4 nitrogen and oxygen atoms in total. The molecule has 2 rings (SSSR count). The normalized spacial score (nSPS) is 24.3. The first-order valence-corrected chi connectivity index (χ1v) is 6.94. The molecule has 0 radical (unpaired) electrons. The predicted octanol–water partition coefficient (Wildman–Crippen LogP) is 2.42. The molecule has 2 atom stereocenters. The molecule has 2 unspecified atom stereocenters. The fourth-order valence-corrected chi connectivity index (χ4v) is 2.88. The molecule has 1 aliphatic carbocycles. The van der Waals surface area contributed by atoms with E-state index in [1.807, 2.05) is 16.8 Å². The molecule has 1 saturated carbocycles. The van der Waals surface area contributed by atoms with Crippen molar-refractivity contribution in [2.24, 2.45) is 5.92 Å². The summed E-state index contributed by atoms with van der Waals surface area (Å²) in [4.78, 5) is 11.7. The molecular formula is C12H18N2O2S. The largest absolute Gasteiger partial charge is 0.396 e. The van der Waals surface area contributed by atoms with Crippen LogP contribution in [-0.2, 0) is 0 Å². The molecule has 0 aliphatic heterocycles. The van der Waals surface area contributed by atoms with Gasteiger partial charge in [0.25, 0.3) is 0 Å². The zero-order chi connectivity index (χ0) is 12.1. The highest BCUT2D eigenvalue weighted by Crippen LogP contribution is 2.24. The zero-order valence-corrected chi connectivity index (χ0v) is 10.5. The van der Waals surface area contributed by atoms with Gasteiger partial charge in [0.2, 0.25) is 0 Å². The molecule has 1 aromatic heterocycles. The molecule has 17 heavy (non-hydrogen) atoms. The van der Waals surface area contributed by atoms with E-state index in [0.717, 1.165) is 31.4 Å². The molecule has 0 spiro atoms. The number of amides is 2. The lowest BCUT2D eigenvalue weighted by molar-refractivity contribution is 0.156. The van der Waals surface area contributed by atoms with Crippen molar-refractivity contribution in [1.82, 2.24) is 5.32 Å². The number of aliphatic hydroxyl groups is 1. The molecule has 94 valence electrons. The number of carbonyl (C=O) groups is 1. The first kappa shape index (κ1) is 12.4. The SMILES string of the molecule is O=C(Nc1ccsc1)NC1CCCCC1CO. The van der Waals surface area contributed by atoms with Crippen LogP contribution in [0.1, 0.15) is 25.7 Å². The lowest BCUT2D eigenvalue weighted by Gasteiger charge is -2.30. The van der Waals surface area contributed by atoms with Crippen molar-refractivity contribution >= 4 is 23.1 Å². The van der Waals surface area contributed by atoms with E-state index in [1.165, 1.54) is 0 Å². The zero-order valence-electron chi connectivity index (χ0n) is 9.69. The monoisotopic (exact) mass is 254 g/mol. The minimum Gasteiger partial charge on any atom is -0.396 e. The van der Waals surface area contributed by atoms with E-state index in [4.69, 9.17) is 0 Å². The maximum absolute atomic E-state index is 11.7. The van der Waals surface area contributed by atoms with Gasteiger partial charge in [0.15, 0.2) is 0 Å². The average molecular weight is 254 g/mol. The highest BCUT2D eigenvalue weighted by Gasteiger charge is 2.25. The van der Waals surface area contributed by atoms with Gasteiger partial charge in [0, 0.05) is 23.9 Å². The van der Waals surface area contributed by atoms with Gasteiger partial charge >= 0.3 is 6.03 Å². The van der Waals surface area contributed by atoms with Gasteiger partial charge in [-0.1, -0.05) is 12.8 Å². The van der Waals surface area contributed by atoms with Gasteiger partial charge in [-0.25, -0.2) is 4.79 Å². The van der Waals surface area contributed by atoms with E-state index in [1.54, 1.807) is 11.3 Å². The van der Waals surface area contributed by atoms with Crippen LogP contribution < -0.4 is 10.6 Å². The van der Waals surface area contributed by atoms with Crippen LogP contribution >= 0.6 is 11.3 Å². The number of rotatable bonds is 3. The predicted molar refractivity (Wildman–Crippen MR) is 69.3 cm³/mol. The number of anilines is 1. The van der Waals surface area contributed by atoms with Crippen LogP contribution in [0.25, 0.3) is 0 Å². The van der Waals surface area contributed by atoms with Crippen molar-refractivity contribution in [3.05, 3.63) is 16.8 Å². The van der Waals surface area contributed by atoms with E-state index in [-0.39, 0.29) is 24.6 Å². The summed E-state index contributed by atoms with van der Waals surface area (Å²) in [6.07, 6.45) is 4.23. The van der Waals surface area contributed by atoms with Crippen molar-refractivity contribution < 1.29 is 9.90 Å². The van der Waals surface area contributed by atoms with E-state index in [0.29, 0.717) is 0 Å². The molecule has 2 amide bonds. The highest BCUT2D eigenvalue weighted by atomic mass is 32.1. The van der Waals surface area contributed by atoms with E-state index in [9.17, 15) is 9.90 Å². The standard InChI is InChI=1S/C12H18N2O2S/c15-7-9-3-1-2-4-11(9)14-12(16)13-10-5-6-17-8-10/h5-6,8-9,11,15H,1-4,7H2,(H2,13,14,16). The lowest BCUT2D eigenvalue weighted by Crippen LogP contribution is -2.45. The highest BCUT2D eigenvalue weighted by molar-refractivity contribution is 7.08. The second kappa shape index (κ2) is 6.02. The van der Waals surface area contributed by atoms with Gasteiger partial charge in [-0.15, -0.1) is 0 Å². The minimum absolute atomic E-state index is 0.104. The molecule has 1 aliphatic rings. The van der Waals surface area contributed by atoms with Crippen LogP contribution in [0.15, 0.2) is 16.8 Å². The molecule has 1 heterocycles. The number of carbonyl (C=O) groups excluding carboxylic acids is 1. The second-order valence-corrected chi connectivity index (χ2v) is 5.22. The third kappa shape index (κ3) is 3.44. The van der Waals surface area contributed by atoms with Crippen LogP contribution in [-0.4, -0.2) is 23.8 Å². The third-order valence-corrected chi connectivity index (χ3v) is 3.92. The summed E-state index contributed by atoms with van der Waals surface area (Å²) in [6.45, 7) is 0.156. The molecule has 1 aromatic rings. The van der Waals surface area contributed by atoms with Crippen LogP contribution in [0.5, 0.6) is 0 Å². The average Bonchev–Trinajstić information content (AvgIpc) is 2.82. The van der Waals surface area contributed by atoms with Crippen molar-refractivity contribution in [2.45, 2.75) is 31.7 Å². The lowest BCUT2D eigenvalue weighted by atomic mass is 9.85. The Kier molecular flexibility index (Phi) is 4.39. The number of hydrogen-bond donors (Lipinski definition) is 3. The van der Waals surface area contributed by atoms with Gasteiger partial charge in [0.1, 0.15) is 0 Å². The Morgan fingerprint density at radius 3 is 3.00 bits per heavy atom. The van der Waals surface area contributed by atoms with Gasteiger partial charge in [-0.3, -0.25) is 0 Å². The van der Waals surface area contributed by atoms with Crippen LogP contribution in [0, 0.1) is 5.92 Å². The van der Waals surface area contributed by atoms with Gasteiger partial charge < -0.3 is 15.7 Å². The number of urea groups is 1. The maximum atomic E-state index is 11.7. The smallest absolute Gasteiger partial charge is 0.319 e. The first-order chi connectivity index (χ1) is 8.29. The Bertz CT molecular complexity index is 353. The maximum Gasteiger partial charge on any atom is 0.319 e. The molecule has 1 fully saturated rings. The number of nitrogens with one attached hydrogen (secondary N) is 2. The number of hydrogen-bond acceptors (Lipinski definition) is 3. The molecule has 0 saturated heterocycles. The second-order valence-electron chi connectivity index (χ2n) is 4.44. The van der Waals surface area contributed by atoms with Crippen LogP contribution in [0.3, 0.4) is 0 Å². The van der Waals surface area contributed by atoms with Crippen LogP contribution in [0.4, 0.5) is 10.5 Å². The Hall–Kier alpha value is -1.07. The molecule has 5 heteroatoms. The topological polar surface area (TPSA) is 61.4 Å². The summed E-state index contributed by atoms with van der Waals surface area (Å²) >= 11 is 1.55. The number of thiophene rings is 1. The first-order valence-electron chi connectivity index (χ1n) is 6.00. The quantitative estimate of drug-likeness (QED) is 0.775. The van der Waals surface area contributed by atoms with E-state index < -0.39 is 0 Å². The Balaban J connectivity index is 1.84. The molecule has 0 bridgehead atoms. The van der Waals surface area contributed by atoms with Gasteiger partial charge in [-0.2, -0.15) is 11.3 Å². The molecular weight excluding hydrogens is 236 g/mol. The van der Waals surface area contributed by atoms with E-state index in [2.05, 4.69) is 10.6 Å². The fraction of sp³-hybridized carbons (Fsp3) is 0.583. The van der Waals surface area contributed by atoms with Crippen molar-refractivity contribution in [3.63, 3.8) is 0 Å². The Morgan fingerprint density at radius 1 is 1.47 bits per heavy atom. The van der Waals surface area contributed by atoms with Crippen molar-refractivity contribution in [2.75, 3.05) is 11.9 Å². The molecule has 0 aromatic carbocycles. The summed E-state index contributed by atoms with van der Waals surface area (Å²) in [6, 6.07) is 1.80. The summed E-state index contributed by atoms with van der Waals surface area (Å²) < 4.78 is 0. The minimum atomic E-state index is -0.172. The summed E-state index contributed by atoms with van der Waals surface area (Å²) in [5, 5.41) is 18.8.